The third kappa shape index (κ3) is 4.08. The topological polar surface area (TPSA) is 62.3 Å². The Morgan fingerprint density at radius 3 is 2.85 bits per heavy atom. The Bertz CT molecular complexity index is 951. The van der Waals surface area contributed by atoms with Gasteiger partial charge in [0.05, 0.1) is 19.8 Å². The third-order valence-electron chi connectivity index (χ3n) is 4.36. The molecule has 0 aliphatic carbocycles. The Balaban J connectivity index is 1.48. The van der Waals surface area contributed by atoms with Crippen LogP contribution in [-0.2, 0) is 4.79 Å². The number of rotatable bonds is 4. The summed E-state index contributed by atoms with van der Waals surface area (Å²) in [5.41, 5.74) is 0.794. The van der Waals surface area contributed by atoms with Crippen molar-refractivity contribution in [1.29, 1.82) is 0 Å². The molecule has 140 valence electrons. The van der Waals surface area contributed by atoms with Crippen LogP contribution in [0.2, 0.25) is 4.34 Å². The zero-order valence-electron chi connectivity index (χ0n) is 14.2. The second-order valence-electron chi connectivity index (χ2n) is 6.12. The highest BCUT2D eigenvalue weighted by Gasteiger charge is 2.33. The van der Waals surface area contributed by atoms with Crippen molar-refractivity contribution in [1.82, 2.24) is 9.88 Å². The first-order valence-corrected chi connectivity index (χ1v) is 11.4. The third-order valence-corrected chi connectivity index (χ3v) is 7.23. The molecule has 1 saturated heterocycles. The smallest absolute Gasteiger partial charge is 0.264 e. The quantitative estimate of drug-likeness (QED) is 0.608. The number of halogens is 1. The maximum absolute atomic E-state index is 12.8. The largest absolute Gasteiger partial charge is 0.326 e. The van der Waals surface area contributed by atoms with E-state index in [9.17, 15) is 9.59 Å². The van der Waals surface area contributed by atoms with Gasteiger partial charge in [0, 0.05) is 11.9 Å². The Morgan fingerprint density at radius 2 is 2.11 bits per heavy atom. The van der Waals surface area contributed by atoms with Gasteiger partial charge in [0.25, 0.3) is 5.91 Å². The van der Waals surface area contributed by atoms with E-state index in [4.69, 9.17) is 11.6 Å². The van der Waals surface area contributed by atoms with Crippen molar-refractivity contribution in [2.75, 3.05) is 11.9 Å². The molecule has 1 aliphatic heterocycles. The Kier molecular flexibility index (Phi) is 5.58. The lowest BCUT2D eigenvalue weighted by atomic mass is 10.0. The minimum absolute atomic E-state index is 0.0714. The SMILES string of the molecule is O=C(Nc1nc(-c2ccc(Cl)s2)cs1)[C@@H]1CCCCN1C(=O)c1cccs1. The Labute approximate surface area is 173 Å². The fraction of sp³-hybridized carbons (Fsp3) is 0.278. The molecular formula is C18H16ClN3O2S3. The van der Waals surface area contributed by atoms with Gasteiger partial charge in [0.1, 0.15) is 6.04 Å². The first-order valence-electron chi connectivity index (χ1n) is 8.48. The van der Waals surface area contributed by atoms with E-state index < -0.39 is 6.04 Å². The van der Waals surface area contributed by atoms with E-state index >= 15 is 0 Å². The summed E-state index contributed by atoms with van der Waals surface area (Å²) in [6.45, 7) is 0.603. The summed E-state index contributed by atoms with van der Waals surface area (Å²) in [5, 5.41) is 7.20. The van der Waals surface area contributed by atoms with E-state index in [1.165, 1.54) is 34.0 Å². The monoisotopic (exact) mass is 437 g/mol. The lowest BCUT2D eigenvalue weighted by Crippen LogP contribution is -2.49. The molecule has 5 nitrogen and oxygen atoms in total. The van der Waals surface area contributed by atoms with Crippen LogP contribution in [0.3, 0.4) is 0 Å². The predicted molar refractivity (Wildman–Crippen MR) is 112 cm³/mol. The van der Waals surface area contributed by atoms with Crippen LogP contribution in [0.1, 0.15) is 28.9 Å². The van der Waals surface area contributed by atoms with Gasteiger partial charge in [-0.05, 0) is 42.8 Å². The van der Waals surface area contributed by atoms with Gasteiger partial charge in [-0.3, -0.25) is 9.59 Å². The highest BCUT2D eigenvalue weighted by molar-refractivity contribution is 7.20. The number of likely N-dealkylation sites (tertiary alicyclic amines) is 1. The molecule has 3 aromatic heterocycles. The van der Waals surface area contributed by atoms with Gasteiger partial charge >= 0.3 is 0 Å². The number of piperidine rings is 1. The lowest BCUT2D eigenvalue weighted by molar-refractivity contribution is -0.121. The van der Waals surface area contributed by atoms with Crippen LogP contribution in [0.15, 0.2) is 35.0 Å². The van der Waals surface area contributed by atoms with Crippen molar-refractivity contribution in [2.24, 2.45) is 0 Å². The highest BCUT2D eigenvalue weighted by Crippen LogP contribution is 2.33. The molecule has 4 heterocycles. The molecule has 0 saturated carbocycles. The van der Waals surface area contributed by atoms with Crippen LogP contribution in [0.25, 0.3) is 10.6 Å². The van der Waals surface area contributed by atoms with Crippen LogP contribution in [0.4, 0.5) is 5.13 Å². The number of amides is 2. The van der Waals surface area contributed by atoms with Gasteiger partial charge in [0.15, 0.2) is 5.13 Å². The average molecular weight is 438 g/mol. The molecule has 1 aliphatic rings. The first-order chi connectivity index (χ1) is 13.1. The van der Waals surface area contributed by atoms with Crippen LogP contribution < -0.4 is 5.32 Å². The standard InChI is InChI=1S/C18H16ClN3O2S3/c19-15-7-6-13(27-15)11-10-26-18(20-11)21-16(23)12-4-1-2-8-22(12)17(24)14-5-3-9-25-14/h3,5-7,9-10,12H,1-2,4,8H2,(H,20,21,23)/t12-/m0/s1. The number of carbonyl (C=O) groups is 2. The first kappa shape index (κ1) is 18.6. The molecule has 0 radical (unpaired) electrons. The van der Waals surface area contributed by atoms with Crippen LogP contribution in [0, 0.1) is 0 Å². The molecule has 0 aromatic carbocycles. The summed E-state index contributed by atoms with van der Waals surface area (Å²) in [5.74, 6) is -0.248. The highest BCUT2D eigenvalue weighted by atomic mass is 35.5. The molecule has 1 fully saturated rings. The van der Waals surface area contributed by atoms with Crippen LogP contribution in [-0.4, -0.2) is 34.3 Å². The zero-order chi connectivity index (χ0) is 18.8. The van der Waals surface area contributed by atoms with E-state index in [-0.39, 0.29) is 11.8 Å². The molecular weight excluding hydrogens is 422 g/mol. The van der Waals surface area contributed by atoms with E-state index in [0.717, 1.165) is 23.4 Å². The van der Waals surface area contributed by atoms with Crippen LogP contribution >= 0.6 is 45.6 Å². The van der Waals surface area contributed by atoms with Gasteiger partial charge in [-0.15, -0.1) is 34.0 Å². The summed E-state index contributed by atoms with van der Waals surface area (Å²) in [7, 11) is 0. The van der Waals surface area contributed by atoms with Gasteiger partial charge in [0.2, 0.25) is 5.91 Å². The maximum atomic E-state index is 12.8. The summed E-state index contributed by atoms with van der Waals surface area (Å²) in [6.07, 6.45) is 2.52. The molecule has 0 bridgehead atoms. The van der Waals surface area contributed by atoms with E-state index in [0.29, 0.717) is 27.3 Å². The molecule has 0 spiro atoms. The van der Waals surface area contributed by atoms with Crippen molar-refractivity contribution in [3.8, 4) is 10.6 Å². The second-order valence-corrected chi connectivity index (χ2v) is 9.64. The number of anilines is 1. The van der Waals surface area contributed by atoms with Crippen molar-refractivity contribution in [3.05, 3.63) is 44.2 Å². The molecule has 2 amide bonds. The average Bonchev–Trinajstić information content (AvgIpc) is 3.42. The number of nitrogens with zero attached hydrogens (tertiary/aromatic N) is 2. The summed E-state index contributed by atoms with van der Waals surface area (Å²) in [6, 6.07) is 6.93. The van der Waals surface area contributed by atoms with Gasteiger partial charge in [-0.25, -0.2) is 4.98 Å². The molecule has 9 heteroatoms. The summed E-state index contributed by atoms with van der Waals surface area (Å²) < 4.78 is 0.702. The number of thiophene rings is 2. The minimum atomic E-state index is -0.461. The molecule has 1 N–H and O–H groups in total. The Hall–Kier alpha value is -1.74. The fourth-order valence-corrected chi connectivity index (χ4v) is 5.54. The zero-order valence-corrected chi connectivity index (χ0v) is 17.4. The molecule has 0 unspecified atom stereocenters. The molecule has 1 atom stereocenters. The molecule has 3 aromatic rings. The van der Waals surface area contributed by atoms with Crippen LogP contribution in [0.5, 0.6) is 0 Å². The van der Waals surface area contributed by atoms with E-state index in [1.807, 2.05) is 29.0 Å². The second kappa shape index (κ2) is 8.10. The van der Waals surface area contributed by atoms with Crippen molar-refractivity contribution in [3.63, 3.8) is 0 Å². The van der Waals surface area contributed by atoms with E-state index in [1.54, 1.807) is 11.0 Å². The summed E-state index contributed by atoms with van der Waals surface area (Å²) in [4.78, 5) is 33.4. The molecule has 4 rings (SSSR count). The van der Waals surface area contributed by atoms with Gasteiger partial charge in [-0.1, -0.05) is 17.7 Å². The van der Waals surface area contributed by atoms with Gasteiger partial charge in [-0.2, -0.15) is 0 Å². The van der Waals surface area contributed by atoms with Crippen molar-refractivity contribution < 1.29 is 9.59 Å². The summed E-state index contributed by atoms with van der Waals surface area (Å²) >= 11 is 10.2. The molecule has 27 heavy (non-hydrogen) atoms. The Morgan fingerprint density at radius 1 is 1.22 bits per heavy atom. The maximum Gasteiger partial charge on any atom is 0.264 e. The van der Waals surface area contributed by atoms with Crippen molar-refractivity contribution >= 4 is 62.6 Å². The minimum Gasteiger partial charge on any atom is -0.326 e. The number of hydrogen-bond donors (Lipinski definition) is 1. The fourth-order valence-electron chi connectivity index (χ4n) is 3.07. The normalized spacial score (nSPS) is 17.1. The van der Waals surface area contributed by atoms with Gasteiger partial charge < -0.3 is 10.2 Å². The van der Waals surface area contributed by atoms with Crippen molar-refractivity contribution in [2.45, 2.75) is 25.3 Å². The number of nitrogens with one attached hydrogen (secondary N) is 1. The number of carbonyl (C=O) groups excluding carboxylic acids is 2. The van der Waals surface area contributed by atoms with E-state index in [2.05, 4.69) is 10.3 Å². The predicted octanol–water partition coefficient (Wildman–Crippen LogP) is 5.22. The number of hydrogen-bond acceptors (Lipinski definition) is 6. The number of aromatic nitrogens is 1. The number of thiazole rings is 1. The lowest BCUT2D eigenvalue weighted by Gasteiger charge is -2.34.